The van der Waals surface area contributed by atoms with Gasteiger partial charge < -0.3 is 5.11 Å². The molecule has 0 fully saturated rings. The van der Waals surface area contributed by atoms with Gasteiger partial charge in [-0.25, -0.2) is 4.68 Å². The predicted molar refractivity (Wildman–Crippen MR) is 73.0 cm³/mol. The number of hydrogen-bond donors (Lipinski definition) is 1. The lowest BCUT2D eigenvalue weighted by molar-refractivity contribution is 0.199. The van der Waals surface area contributed by atoms with Gasteiger partial charge in [-0.1, -0.05) is 26.0 Å². The van der Waals surface area contributed by atoms with E-state index in [1.807, 2.05) is 28.9 Å². The second-order valence-corrected chi connectivity index (χ2v) is 4.51. The molecule has 0 unspecified atom stereocenters. The summed E-state index contributed by atoms with van der Waals surface area (Å²) >= 11 is 0. The van der Waals surface area contributed by atoms with Crippen molar-refractivity contribution in [2.24, 2.45) is 0 Å². The molecule has 3 nitrogen and oxygen atoms in total. The molecular formula is C15H20N2O. The van der Waals surface area contributed by atoms with Crippen LogP contribution in [0.3, 0.4) is 0 Å². The van der Waals surface area contributed by atoms with Crippen molar-refractivity contribution in [3.63, 3.8) is 0 Å². The minimum absolute atomic E-state index is 0.423. The van der Waals surface area contributed by atoms with E-state index in [4.69, 9.17) is 0 Å². The van der Waals surface area contributed by atoms with Gasteiger partial charge in [0.2, 0.25) is 0 Å². The molecule has 18 heavy (non-hydrogen) atoms. The van der Waals surface area contributed by atoms with Crippen LogP contribution in [0.15, 0.2) is 30.3 Å². The van der Waals surface area contributed by atoms with E-state index in [2.05, 4.69) is 25.0 Å². The van der Waals surface area contributed by atoms with Crippen molar-refractivity contribution < 1.29 is 5.11 Å². The van der Waals surface area contributed by atoms with E-state index in [1.54, 1.807) is 6.92 Å². The Bertz CT molecular complexity index is 512. The number of rotatable bonds is 4. The summed E-state index contributed by atoms with van der Waals surface area (Å²) < 4.78 is 1.99. The van der Waals surface area contributed by atoms with Crippen LogP contribution in [-0.2, 0) is 12.8 Å². The Morgan fingerprint density at radius 1 is 1.17 bits per heavy atom. The van der Waals surface area contributed by atoms with Crippen molar-refractivity contribution in [3.05, 3.63) is 47.3 Å². The highest BCUT2D eigenvalue weighted by molar-refractivity contribution is 5.36. The fourth-order valence-corrected chi connectivity index (χ4v) is 2.02. The highest BCUT2D eigenvalue weighted by atomic mass is 16.3. The summed E-state index contributed by atoms with van der Waals surface area (Å²) in [5, 5.41) is 14.1. The maximum atomic E-state index is 9.51. The van der Waals surface area contributed by atoms with Crippen molar-refractivity contribution in [2.75, 3.05) is 0 Å². The second kappa shape index (κ2) is 5.36. The lowest BCUT2D eigenvalue weighted by Crippen LogP contribution is -2.02. The van der Waals surface area contributed by atoms with E-state index in [0.29, 0.717) is 0 Å². The van der Waals surface area contributed by atoms with Crippen LogP contribution < -0.4 is 0 Å². The number of aliphatic hydroxyl groups is 1. The van der Waals surface area contributed by atoms with Crippen LogP contribution in [-0.4, -0.2) is 14.9 Å². The van der Waals surface area contributed by atoms with Crippen LogP contribution in [0.5, 0.6) is 0 Å². The second-order valence-electron chi connectivity index (χ2n) is 4.51. The maximum absolute atomic E-state index is 9.51. The van der Waals surface area contributed by atoms with Crippen molar-refractivity contribution in [1.29, 1.82) is 0 Å². The van der Waals surface area contributed by atoms with Gasteiger partial charge in [0.1, 0.15) is 0 Å². The fraction of sp³-hybridized carbons (Fsp3) is 0.400. The lowest BCUT2D eigenvalue weighted by atomic mass is 10.1. The summed E-state index contributed by atoms with van der Waals surface area (Å²) in [5.41, 5.74) is 4.32. The minimum Gasteiger partial charge on any atom is -0.389 e. The molecule has 3 heteroatoms. The maximum Gasteiger partial charge on any atom is 0.0761 e. The van der Waals surface area contributed by atoms with Crippen molar-refractivity contribution >= 4 is 0 Å². The summed E-state index contributed by atoms with van der Waals surface area (Å²) in [7, 11) is 0. The van der Waals surface area contributed by atoms with Gasteiger partial charge in [-0.2, -0.15) is 5.10 Å². The van der Waals surface area contributed by atoms with Gasteiger partial charge in [-0.3, -0.25) is 0 Å². The monoisotopic (exact) mass is 244 g/mol. The number of aryl methyl sites for hydroxylation is 2. The van der Waals surface area contributed by atoms with Gasteiger partial charge in [0, 0.05) is 5.69 Å². The molecule has 1 aromatic heterocycles. The molecule has 0 radical (unpaired) electrons. The molecule has 0 aliphatic heterocycles. The van der Waals surface area contributed by atoms with Gasteiger partial charge >= 0.3 is 0 Å². The molecule has 1 heterocycles. The Labute approximate surface area is 108 Å². The zero-order chi connectivity index (χ0) is 13.1. The van der Waals surface area contributed by atoms with Gasteiger partial charge in [-0.15, -0.1) is 0 Å². The number of aromatic nitrogens is 2. The SMILES string of the molecule is CCc1cc(CC)n(-c2ccc([C@H](C)O)cc2)n1. The van der Waals surface area contributed by atoms with E-state index in [1.165, 1.54) is 5.69 Å². The van der Waals surface area contributed by atoms with Crippen LogP contribution in [0.4, 0.5) is 0 Å². The zero-order valence-electron chi connectivity index (χ0n) is 11.2. The summed E-state index contributed by atoms with van der Waals surface area (Å²) in [6.45, 7) is 6.02. The van der Waals surface area contributed by atoms with Crippen LogP contribution >= 0.6 is 0 Å². The summed E-state index contributed by atoms with van der Waals surface area (Å²) in [6.07, 6.45) is 1.49. The molecule has 96 valence electrons. The van der Waals surface area contributed by atoms with E-state index in [9.17, 15) is 5.11 Å². The Kier molecular flexibility index (Phi) is 3.82. The average molecular weight is 244 g/mol. The molecule has 0 aliphatic carbocycles. The summed E-state index contributed by atoms with van der Waals surface area (Å²) in [5.74, 6) is 0. The molecule has 1 N–H and O–H groups in total. The summed E-state index contributed by atoms with van der Waals surface area (Å²) in [4.78, 5) is 0. The average Bonchev–Trinajstić information content (AvgIpc) is 2.82. The molecule has 0 saturated carbocycles. The largest absolute Gasteiger partial charge is 0.389 e. The molecule has 2 aromatic rings. The quantitative estimate of drug-likeness (QED) is 0.897. The van der Waals surface area contributed by atoms with Crippen molar-refractivity contribution in [2.45, 2.75) is 39.7 Å². The first-order valence-electron chi connectivity index (χ1n) is 6.52. The Balaban J connectivity index is 2.38. The van der Waals surface area contributed by atoms with E-state index in [0.717, 1.165) is 29.8 Å². The van der Waals surface area contributed by atoms with Crippen LogP contribution in [0.25, 0.3) is 5.69 Å². The third kappa shape index (κ3) is 2.46. The molecule has 0 saturated heterocycles. The lowest BCUT2D eigenvalue weighted by Gasteiger charge is -2.08. The van der Waals surface area contributed by atoms with Crippen LogP contribution in [0, 0.1) is 0 Å². The predicted octanol–water partition coefficient (Wildman–Crippen LogP) is 3.05. The highest BCUT2D eigenvalue weighted by Crippen LogP contribution is 2.17. The molecular weight excluding hydrogens is 224 g/mol. The molecule has 2 rings (SSSR count). The van der Waals surface area contributed by atoms with E-state index < -0.39 is 6.10 Å². The number of benzene rings is 1. The summed E-state index contributed by atoms with van der Waals surface area (Å²) in [6, 6.07) is 10.1. The molecule has 0 amide bonds. The molecule has 1 atom stereocenters. The first kappa shape index (κ1) is 12.8. The number of aliphatic hydroxyl groups excluding tert-OH is 1. The Morgan fingerprint density at radius 2 is 1.83 bits per heavy atom. The standard InChI is InChI=1S/C15H20N2O/c1-4-13-10-14(5-2)17(16-13)15-8-6-12(7-9-15)11(3)18/h6-11,18H,4-5H2,1-3H3/t11-/m0/s1. The third-order valence-electron chi connectivity index (χ3n) is 3.18. The van der Waals surface area contributed by atoms with Crippen molar-refractivity contribution in [3.8, 4) is 5.69 Å². The van der Waals surface area contributed by atoms with E-state index in [-0.39, 0.29) is 0 Å². The minimum atomic E-state index is -0.423. The van der Waals surface area contributed by atoms with Gasteiger partial charge in [-0.05, 0) is 43.5 Å². The molecule has 0 bridgehead atoms. The molecule has 1 aromatic carbocycles. The van der Waals surface area contributed by atoms with Gasteiger partial charge in [0.15, 0.2) is 0 Å². The van der Waals surface area contributed by atoms with Crippen LogP contribution in [0.1, 0.15) is 43.8 Å². The first-order valence-corrected chi connectivity index (χ1v) is 6.52. The zero-order valence-corrected chi connectivity index (χ0v) is 11.2. The van der Waals surface area contributed by atoms with E-state index >= 15 is 0 Å². The van der Waals surface area contributed by atoms with Crippen molar-refractivity contribution in [1.82, 2.24) is 9.78 Å². The smallest absolute Gasteiger partial charge is 0.0761 e. The topological polar surface area (TPSA) is 38.0 Å². The first-order chi connectivity index (χ1) is 8.65. The fourth-order valence-electron chi connectivity index (χ4n) is 2.02. The Morgan fingerprint density at radius 3 is 2.33 bits per heavy atom. The number of nitrogens with zero attached hydrogens (tertiary/aromatic N) is 2. The third-order valence-corrected chi connectivity index (χ3v) is 3.18. The molecule has 0 spiro atoms. The normalized spacial score (nSPS) is 12.7. The Hall–Kier alpha value is -1.61. The van der Waals surface area contributed by atoms with Gasteiger partial charge in [0.25, 0.3) is 0 Å². The van der Waals surface area contributed by atoms with Gasteiger partial charge in [0.05, 0.1) is 17.5 Å². The van der Waals surface area contributed by atoms with Crippen LogP contribution in [0.2, 0.25) is 0 Å². The molecule has 0 aliphatic rings. The highest BCUT2D eigenvalue weighted by Gasteiger charge is 2.08. The number of hydrogen-bond acceptors (Lipinski definition) is 2.